The van der Waals surface area contributed by atoms with Crippen molar-refractivity contribution in [1.82, 2.24) is 0 Å². The number of likely N-dealkylation sites (N-methyl/N-ethyl adjacent to an activating group) is 1. The number of aliphatic carboxylic acids is 1. The van der Waals surface area contributed by atoms with Gasteiger partial charge in [-0.05, 0) is 25.8 Å². The highest BCUT2D eigenvalue weighted by Crippen LogP contribution is 2.56. The van der Waals surface area contributed by atoms with Crippen LogP contribution in [0, 0.1) is 5.92 Å². The monoisotopic (exact) mass is 345 g/mol. The van der Waals surface area contributed by atoms with Crippen molar-refractivity contribution in [3.63, 3.8) is 0 Å². The van der Waals surface area contributed by atoms with Gasteiger partial charge in [-0.2, -0.15) is 0 Å². The van der Waals surface area contributed by atoms with Crippen LogP contribution >= 0.6 is 0 Å². The van der Waals surface area contributed by atoms with Crippen LogP contribution in [-0.4, -0.2) is 42.5 Å². The summed E-state index contributed by atoms with van der Waals surface area (Å²) in [5, 5.41) is 10.4. The highest BCUT2D eigenvalue weighted by Gasteiger charge is 2.73. The van der Waals surface area contributed by atoms with Crippen molar-refractivity contribution in [3.05, 3.63) is 29.8 Å². The first-order valence-corrected chi connectivity index (χ1v) is 9.02. The maximum atomic E-state index is 13.5. The molecule has 1 aromatic carbocycles. The number of hydrogen-bond donors (Lipinski definition) is 1. The zero-order chi connectivity index (χ0) is 17.7. The average Bonchev–Trinajstić information content (AvgIpc) is 3.33. The summed E-state index contributed by atoms with van der Waals surface area (Å²) < 4.78 is 12.1. The number of rotatable bonds is 4. The topological polar surface area (TPSA) is 76.1 Å². The lowest BCUT2D eigenvalue weighted by Gasteiger charge is -2.44. The number of benzene rings is 1. The molecule has 1 aromatic rings. The van der Waals surface area contributed by atoms with Crippen LogP contribution in [0.3, 0.4) is 0 Å². The van der Waals surface area contributed by atoms with E-state index in [1.807, 2.05) is 13.0 Å². The predicted octanol–water partition coefficient (Wildman–Crippen LogP) is 2.31. The molecular weight excluding hydrogens is 322 g/mol. The van der Waals surface area contributed by atoms with Crippen molar-refractivity contribution in [2.75, 3.05) is 24.7 Å². The third-order valence-electron chi connectivity index (χ3n) is 5.93. The number of hydrogen-bond acceptors (Lipinski definition) is 4. The van der Waals surface area contributed by atoms with Gasteiger partial charge in [0.2, 0.25) is 11.2 Å². The molecule has 6 heteroatoms. The number of carboxylic acid groups (broad SMARTS) is 1. The van der Waals surface area contributed by atoms with Crippen LogP contribution in [-0.2, 0) is 24.5 Å². The van der Waals surface area contributed by atoms with E-state index in [1.165, 1.54) is 0 Å². The molecule has 0 radical (unpaired) electrons. The molecule has 1 saturated heterocycles. The van der Waals surface area contributed by atoms with Gasteiger partial charge in [0.05, 0.1) is 13.2 Å². The quantitative estimate of drug-likeness (QED) is 0.848. The van der Waals surface area contributed by atoms with E-state index in [1.54, 1.807) is 23.1 Å². The first-order chi connectivity index (χ1) is 12.1. The van der Waals surface area contributed by atoms with Gasteiger partial charge in [-0.15, -0.1) is 0 Å². The van der Waals surface area contributed by atoms with E-state index in [4.69, 9.17) is 9.47 Å². The molecule has 1 aliphatic carbocycles. The number of carbonyl (C=O) groups excluding carboxylic acids is 1. The molecule has 1 atom stereocenters. The van der Waals surface area contributed by atoms with Crippen molar-refractivity contribution >= 4 is 17.6 Å². The fourth-order valence-corrected chi connectivity index (χ4v) is 4.95. The minimum Gasteiger partial charge on any atom is -0.480 e. The lowest BCUT2D eigenvalue weighted by atomic mass is 9.68. The fourth-order valence-electron chi connectivity index (χ4n) is 4.95. The Labute approximate surface area is 146 Å². The summed E-state index contributed by atoms with van der Waals surface area (Å²) in [4.78, 5) is 27.7. The summed E-state index contributed by atoms with van der Waals surface area (Å²) in [6, 6.07) is 7.14. The van der Waals surface area contributed by atoms with E-state index in [9.17, 15) is 14.7 Å². The number of anilines is 1. The van der Waals surface area contributed by atoms with Crippen molar-refractivity contribution in [3.8, 4) is 0 Å². The van der Waals surface area contributed by atoms with Crippen molar-refractivity contribution in [1.29, 1.82) is 0 Å². The molecule has 25 heavy (non-hydrogen) atoms. The van der Waals surface area contributed by atoms with E-state index in [-0.39, 0.29) is 5.92 Å². The van der Waals surface area contributed by atoms with Crippen LogP contribution in [0.4, 0.5) is 5.69 Å². The fraction of sp³-hybridized carbons (Fsp3) is 0.579. The normalized spacial score (nSPS) is 28.5. The number of para-hydroxylation sites is 1. The SMILES string of the molecule is CCN1C(=O)C(C(=O)O)(C2(C3CCCC3)OCCO2)c2ccccc21. The summed E-state index contributed by atoms with van der Waals surface area (Å²) in [7, 11) is 0. The van der Waals surface area contributed by atoms with Gasteiger partial charge in [-0.25, -0.2) is 0 Å². The molecule has 6 nitrogen and oxygen atoms in total. The van der Waals surface area contributed by atoms with Gasteiger partial charge < -0.3 is 19.5 Å². The number of ether oxygens (including phenoxy) is 2. The van der Waals surface area contributed by atoms with Crippen molar-refractivity contribution in [2.24, 2.45) is 5.92 Å². The number of amides is 1. The molecule has 1 amide bonds. The smallest absolute Gasteiger partial charge is 0.329 e. The van der Waals surface area contributed by atoms with E-state index >= 15 is 0 Å². The molecule has 1 saturated carbocycles. The average molecular weight is 345 g/mol. The zero-order valence-corrected chi connectivity index (χ0v) is 14.4. The summed E-state index contributed by atoms with van der Waals surface area (Å²) in [6.45, 7) is 2.89. The predicted molar refractivity (Wildman–Crippen MR) is 90.4 cm³/mol. The van der Waals surface area contributed by atoms with Crippen LogP contribution < -0.4 is 4.90 Å². The number of fused-ring (bicyclic) bond motifs is 1. The first-order valence-electron chi connectivity index (χ1n) is 9.02. The van der Waals surface area contributed by atoms with Crippen molar-refractivity contribution in [2.45, 2.75) is 43.8 Å². The number of carboxylic acids is 1. The van der Waals surface area contributed by atoms with Gasteiger partial charge in [0.25, 0.3) is 5.91 Å². The minimum absolute atomic E-state index is 0.0973. The van der Waals surface area contributed by atoms with Crippen LogP contribution in [0.2, 0.25) is 0 Å². The molecule has 2 fully saturated rings. The Balaban J connectivity index is 1.99. The summed E-state index contributed by atoms with van der Waals surface area (Å²) in [6.07, 6.45) is 3.64. The molecule has 0 bridgehead atoms. The standard InChI is InChI=1S/C19H23NO5/c1-2-20-15-10-6-5-9-14(15)18(16(20)21,17(22)23)19(24-11-12-25-19)13-7-3-4-8-13/h5-6,9-10,13H,2-4,7-8,11-12H2,1H3,(H,22,23). The van der Waals surface area contributed by atoms with Crippen LogP contribution in [0.5, 0.6) is 0 Å². The molecule has 2 aliphatic heterocycles. The lowest BCUT2D eigenvalue weighted by molar-refractivity contribution is -0.239. The minimum atomic E-state index is -1.84. The van der Waals surface area contributed by atoms with Crippen LogP contribution in [0.1, 0.15) is 38.2 Å². The molecule has 1 N–H and O–H groups in total. The molecule has 2 heterocycles. The largest absolute Gasteiger partial charge is 0.480 e. The Morgan fingerprint density at radius 3 is 2.48 bits per heavy atom. The van der Waals surface area contributed by atoms with Crippen LogP contribution in [0.15, 0.2) is 24.3 Å². The summed E-state index contributed by atoms with van der Waals surface area (Å²) in [5.41, 5.74) is -0.706. The first kappa shape index (κ1) is 16.5. The number of carbonyl (C=O) groups is 2. The molecular formula is C19H23NO5. The van der Waals surface area contributed by atoms with Gasteiger partial charge in [-0.3, -0.25) is 9.59 Å². The molecule has 134 valence electrons. The van der Waals surface area contributed by atoms with Crippen molar-refractivity contribution < 1.29 is 24.2 Å². The third kappa shape index (κ3) is 1.92. The lowest BCUT2D eigenvalue weighted by Crippen LogP contribution is -2.65. The Bertz CT molecular complexity index is 706. The van der Waals surface area contributed by atoms with Gasteiger partial charge in [0.1, 0.15) is 0 Å². The Hall–Kier alpha value is -1.92. The van der Waals surface area contributed by atoms with Gasteiger partial charge in [-0.1, -0.05) is 31.0 Å². The number of nitrogens with zero attached hydrogens (tertiary/aromatic N) is 1. The Kier molecular flexibility index (Phi) is 3.85. The third-order valence-corrected chi connectivity index (χ3v) is 5.93. The highest BCUT2D eigenvalue weighted by molar-refractivity contribution is 6.21. The maximum Gasteiger partial charge on any atom is 0.329 e. The molecule has 0 spiro atoms. The second-order valence-electron chi connectivity index (χ2n) is 6.97. The van der Waals surface area contributed by atoms with Gasteiger partial charge in [0.15, 0.2) is 0 Å². The van der Waals surface area contributed by atoms with Gasteiger partial charge >= 0.3 is 5.97 Å². The molecule has 3 aliphatic rings. The van der Waals surface area contributed by atoms with E-state index in [0.717, 1.165) is 25.7 Å². The Morgan fingerprint density at radius 2 is 1.88 bits per heavy atom. The van der Waals surface area contributed by atoms with E-state index in [0.29, 0.717) is 31.0 Å². The highest BCUT2D eigenvalue weighted by atomic mass is 16.7. The summed E-state index contributed by atoms with van der Waals surface area (Å²) >= 11 is 0. The van der Waals surface area contributed by atoms with Gasteiger partial charge in [0, 0.05) is 23.7 Å². The molecule has 0 aromatic heterocycles. The maximum absolute atomic E-state index is 13.5. The molecule has 1 unspecified atom stereocenters. The molecule has 4 rings (SSSR count). The van der Waals surface area contributed by atoms with E-state index in [2.05, 4.69) is 0 Å². The second-order valence-corrected chi connectivity index (χ2v) is 6.97. The van der Waals surface area contributed by atoms with E-state index < -0.39 is 23.1 Å². The van der Waals surface area contributed by atoms with Crippen LogP contribution in [0.25, 0.3) is 0 Å². The second kappa shape index (κ2) is 5.81. The summed E-state index contributed by atoms with van der Waals surface area (Å²) in [5.74, 6) is -3.15. The zero-order valence-electron chi connectivity index (χ0n) is 14.4. The Morgan fingerprint density at radius 1 is 1.24 bits per heavy atom.